The van der Waals surface area contributed by atoms with Crippen LogP contribution in [-0.2, 0) is 6.54 Å². The summed E-state index contributed by atoms with van der Waals surface area (Å²) in [5, 5.41) is 12.6. The zero-order valence-electron chi connectivity index (χ0n) is 10.6. The lowest BCUT2D eigenvalue weighted by molar-refractivity contribution is 0.304. The molecule has 3 rings (SSSR count). The van der Waals surface area contributed by atoms with E-state index in [2.05, 4.69) is 40.4 Å². The topological polar surface area (TPSA) is 35.8 Å². The zero-order valence-corrected chi connectivity index (χ0v) is 10.6. The summed E-state index contributed by atoms with van der Waals surface area (Å²) < 4.78 is 0. The third kappa shape index (κ3) is 2.27. The van der Waals surface area contributed by atoms with Crippen LogP contribution >= 0.6 is 0 Å². The van der Waals surface area contributed by atoms with Crippen molar-refractivity contribution in [3.05, 3.63) is 35.9 Å². The predicted molar refractivity (Wildman–Crippen MR) is 71.8 cm³/mol. The van der Waals surface area contributed by atoms with E-state index >= 15 is 0 Å². The molecule has 0 bridgehead atoms. The number of fused-ring (bicyclic) bond motifs is 1. The van der Waals surface area contributed by atoms with Crippen LogP contribution in [0.2, 0.25) is 0 Å². The third-order valence-electron chi connectivity index (χ3n) is 4.33. The van der Waals surface area contributed by atoms with Crippen molar-refractivity contribution in [1.29, 1.82) is 0 Å². The molecule has 3 heteroatoms. The Morgan fingerprint density at radius 3 is 2.83 bits per heavy atom. The summed E-state index contributed by atoms with van der Waals surface area (Å²) in [5.41, 5.74) is 2.40. The number of likely N-dealkylation sites (tertiary alicyclic amines) is 1. The van der Waals surface area contributed by atoms with Gasteiger partial charge in [-0.25, -0.2) is 0 Å². The fourth-order valence-corrected chi connectivity index (χ4v) is 3.46. The highest BCUT2D eigenvalue weighted by molar-refractivity contribution is 5.87. The molecule has 1 aromatic rings. The van der Waals surface area contributed by atoms with Gasteiger partial charge < -0.3 is 5.21 Å². The summed E-state index contributed by atoms with van der Waals surface area (Å²) in [6, 6.07) is 10.6. The Hall–Kier alpha value is -1.35. The molecule has 0 aromatic heterocycles. The minimum atomic E-state index is 0.493. The summed E-state index contributed by atoms with van der Waals surface area (Å²) in [4.78, 5) is 2.50. The lowest BCUT2D eigenvalue weighted by atomic mass is 9.80. The number of hydrogen-bond acceptors (Lipinski definition) is 3. The van der Waals surface area contributed by atoms with Crippen molar-refractivity contribution in [2.75, 3.05) is 13.1 Å². The molecule has 2 atom stereocenters. The quantitative estimate of drug-likeness (QED) is 0.641. The van der Waals surface area contributed by atoms with Crippen LogP contribution in [0.3, 0.4) is 0 Å². The molecule has 1 heterocycles. The molecule has 96 valence electrons. The van der Waals surface area contributed by atoms with Crippen LogP contribution in [0.1, 0.15) is 24.8 Å². The zero-order chi connectivity index (χ0) is 12.4. The first-order chi connectivity index (χ1) is 8.86. The number of oxime groups is 1. The standard InChI is InChI=1S/C15H20N2O/c18-16-15-8-4-7-13-10-17(11-14(13)15)9-12-5-2-1-3-6-12/h1-3,5-6,13-14,18H,4,7-11H2/b16-15+/t13-,14-/m0/s1. The van der Waals surface area contributed by atoms with Gasteiger partial charge in [-0.2, -0.15) is 0 Å². The molecule has 1 saturated heterocycles. The Bertz CT molecular complexity index is 429. The van der Waals surface area contributed by atoms with Gasteiger partial charge in [-0.15, -0.1) is 0 Å². The molecule has 1 aromatic carbocycles. The highest BCUT2D eigenvalue weighted by atomic mass is 16.4. The van der Waals surface area contributed by atoms with E-state index in [0.29, 0.717) is 11.8 Å². The maximum Gasteiger partial charge on any atom is 0.0617 e. The molecule has 2 aliphatic rings. The van der Waals surface area contributed by atoms with Gasteiger partial charge in [0.15, 0.2) is 0 Å². The van der Waals surface area contributed by atoms with Crippen molar-refractivity contribution < 1.29 is 5.21 Å². The second kappa shape index (κ2) is 5.11. The van der Waals surface area contributed by atoms with E-state index < -0.39 is 0 Å². The van der Waals surface area contributed by atoms with E-state index in [9.17, 15) is 0 Å². The normalized spacial score (nSPS) is 30.6. The molecule has 18 heavy (non-hydrogen) atoms. The van der Waals surface area contributed by atoms with Gasteiger partial charge >= 0.3 is 0 Å². The minimum absolute atomic E-state index is 0.493. The number of benzene rings is 1. The fourth-order valence-electron chi connectivity index (χ4n) is 3.46. The molecular formula is C15H20N2O. The number of hydrogen-bond donors (Lipinski definition) is 1. The first-order valence-corrected chi connectivity index (χ1v) is 6.84. The minimum Gasteiger partial charge on any atom is -0.411 e. The smallest absolute Gasteiger partial charge is 0.0617 e. The molecule has 1 N–H and O–H groups in total. The van der Waals surface area contributed by atoms with E-state index in [4.69, 9.17) is 5.21 Å². The number of nitrogens with zero attached hydrogens (tertiary/aromatic N) is 2. The van der Waals surface area contributed by atoms with Gasteiger partial charge in [0.25, 0.3) is 0 Å². The van der Waals surface area contributed by atoms with Gasteiger partial charge in [0.05, 0.1) is 5.71 Å². The highest BCUT2D eigenvalue weighted by Gasteiger charge is 2.38. The summed E-state index contributed by atoms with van der Waals surface area (Å²) in [6.45, 7) is 3.23. The van der Waals surface area contributed by atoms with E-state index in [-0.39, 0.29) is 0 Å². The lowest BCUT2D eigenvalue weighted by Gasteiger charge is -2.24. The van der Waals surface area contributed by atoms with E-state index in [1.54, 1.807) is 0 Å². The van der Waals surface area contributed by atoms with Gasteiger partial charge in [-0.05, 0) is 30.7 Å². The number of rotatable bonds is 2. The van der Waals surface area contributed by atoms with Gasteiger partial charge in [-0.3, -0.25) is 4.90 Å². The van der Waals surface area contributed by atoms with Crippen molar-refractivity contribution in [2.24, 2.45) is 17.0 Å². The van der Waals surface area contributed by atoms with E-state index in [0.717, 1.165) is 31.8 Å². The monoisotopic (exact) mass is 244 g/mol. The van der Waals surface area contributed by atoms with Crippen LogP contribution in [0.4, 0.5) is 0 Å². The lowest BCUT2D eigenvalue weighted by Crippen LogP contribution is -2.27. The summed E-state index contributed by atoms with van der Waals surface area (Å²) >= 11 is 0. The third-order valence-corrected chi connectivity index (χ3v) is 4.33. The summed E-state index contributed by atoms with van der Waals surface area (Å²) in [5.74, 6) is 1.20. The maximum absolute atomic E-state index is 9.08. The van der Waals surface area contributed by atoms with Crippen LogP contribution in [0, 0.1) is 11.8 Å². The van der Waals surface area contributed by atoms with Crippen LogP contribution in [0.15, 0.2) is 35.5 Å². The molecule has 0 spiro atoms. The van der Waals surface area contributed by atoms with Gasteiger partial charge in [-0.1, -0.05) is 35.5 Å². The van der Waals surface area contributed by atoms with Crippen molar-refractivity contribution in [3.63, 3.8) is 0 Å². The average molecular weight is 244 g/mol. The Kier molecular flexibility index (Phi) is 3.33. The Morgan fingerprint density at radius 2 is 2.06 bits per heavy atom. The van der Waals surface area contributed by atoms with Crippen LogP contribution in [0.5, 0.6) is 0 Å². The van der Waals surface area contributed by atoms with Crippen LogP contribution in [-0.4, -0.2) is 28.9 Å². The Balaban J connectivity index is 1.67. The van der Waals surface area contributed by atoms with Crippen molar-refractivity contribution in [1.82, 2.24) is 4.90 Å². The largest absolute Gasteiger partial charge is 0.411 e. The van der Waals surface area contributed by atoms with Crippen LogP contribution in [0.25, 0.3) is 0 Å². The molecule has 1 aliphatic heterocycles. The van der Waals surface area contributed by atoms with Crippen molar-refractivity contribution >= 4 is 5.71 Å². The Morgan fingerprint density at radius 1 is 1.22 bits per heavy atom. The molecular weight excluding hydrogens is 224 g/mol. The molecule has 1 saturated carbocycles. The molecule has 3 nitrogen and oxygen atoms in total. The first kappa shape index (κ1) is 11.7. The van der Waals surface area contributed by atoms with Crippen molar-refractivity contribution in [2.45, 2.75) is 25.8 Å². The first-order valence-electron chi connectivity index (χ1n) is 6.84. The SMILES string of the molecule is O/N=C1\CCC[C@H]2CN(Cc3ccccc3)C[C@H]12. The van der Waals surface area contributed by atoms with Gasteiger partial charge in [0, 0.05) is 25.6 Å². The average Bonchev–Trinajstić information content (AvgIpc) is 2.82. The second-order valence-electron chi connectivity index (χ2n) is 5.53. The highest BCUT2D eigenvalue weighted by Crippen LogP contribution is 2.35. The fraction of sp³-hybridized carbons (Fsp3) is 0.533. The summed E-state index contributed by atoms with van der Waals surface area (Å²) in [6.07, 6.45) is 3.45. The summed E-state index contributed by atoms with van der Waals surface area (Å²) in [7, 11) is 0. The Labute approximate surface area is 108 Å². The molecule has 0 amide bonds. The van der Waals surface area contributed by atoms with Crippen LogP contribution < -0.4 is 0 Å². The predicted octanol–water partition coefficient (Wildman–Crippen LogP) is 2.75. The van der Waals surface area contributed by atoms with Gasteiger partial charge in [0.1, 0.15) is 0 Å². The molecule has 1 aliphatic carbocycles. The van der Waals surface area contributed by atoms with Gasteiger partial charge in [0.2, 0.25) is 0 Å². The second-order valence-corrected chi connectivity index (χ2v) is 5.53. The van der Waals surface area contributed by atoms with E-state index in [1.807, 2.05) is 0 Å². The molecule has 0 radical (unpaired) electrons. The molecule has 0 unspecified atom stereocenters. The van der Waals surface area contributed by atoms with E-state index in [1.165, 1.54) is 18.4 Å². The molecule has 2 fully saturated rings. The maximum atomic E-state index is 9.08. The van der Waals surface area contributed by atoms with Crippen molar-refractivity contribution in [3.8, 4) is 0 Å².